The number of hydrogen-bond donors (Lipinski definition) is 5. The summed E-state index contributed by atoms with van der Waals surface area (Å²) >= 11 is 0. The van der Waals surface area contributed by atoms with Crippen molar-refractivity contribution in [3.63, 3.8) is 0 Å². The molecule has 1 saturated heterocycles. The summed E-state index contributed by atoms with van der Waals surface area (Å²) in [6.45, 7) is 6.84. The number of fused-ring (bicyclic) bond motifs is 1. The van der Waals surface area contributed by atoms with Crippen molar-refractivity contribution in [1.82, 2.24) is 5.32 Å². The van der Waals surface area contributed by atoms with E-state index in [1.54, 1.807) is 32.1 Å². The van der Waals surface area contributed by atoms with Crippen LogP contribution in [0.5, 0.6) is 11.5 Å². The van der Waals surface area contributed by atoms with E-state index in [4.69, 9.17) is 14.2 Å². The molecule has 1 heterocycles. The zero-order chi connectivity index (χ0) is 22.0. The molecule has 1 aliphatic heterocycles. The van der Waals surface area contributed by atoms with Crippen LogP contribution in [0.1, 0.15) is 19.4 Å². The molecule has 164 valence electrons. The number of carbonyl (C=O) groups is 1. The summed E-state index contributed by atoms with van der Waals surface area (Å²) in [6, 6.07) is 3.56. The number of aliphatic hydroxyl groups excluding tert-OH is 3. The first-order valence-electron chi connectivity index (χ1n) is 9.61. The Morgan fingerprint density at radius 3 is 2.53 bits per heavy atom. The summed E-state index contributed by atoms with van der Waals surface area (Å²) in [7, 11) is 0. The van der Waals surface area contributed by atoms with Crippen LogP contribution in [0.4, 0.5) is 0 Å². The molecule has 2 fully saturated rings. The molecule has 1 aliphatic carbocycles. The van der Waals surface area contributed by atoms with Gasteiger partial charge in [0.15, 0.2) is 11.5 Å². The Labute approximate surface area is 174 Å². The van der Waals surface area contributed by atoms with Gasteiger partial charge in [-0.05, 0) is 37.6 Å². The molecular formula is C21H27NO8. The molecule has 7 atom stereocenters. The fraction of sp³-hybridized carbons (Fsp3) is 0.476. The summed E-state index contributed by atoms with van der Waals surface area (Å²) in [5.41, 5.74) is 0.818. The van der Waals surface area contributed by atoms with Gasteiger partial charge < -0.3 is 40.0 Å². The van der Waals surface area contributed by atoms with Crippen LogP contribution >= 0.6 is 0 Å². The molecule has 1 saturated carbocycles. The fourth-order valence-electron chi connectivity index (χ4n) is 3.51. The highest BCUT2D eigenvalue weighted by molar-refractivity contribution is 5.97. The molecule has 9 heteroatoms. The lowest BCUT2D eigenvalue weighted by atomic mass is 9.83. The Hall–Kier alpha value is -2.43. The largest absolute Gasteiger partial charge is 0.504 e. The first-order chi connectivity index (χ1) is 14.2. The average molecular weight is 421 g/mol. The average Bonchev–Trinajstić information content (AvgIpc) is 3.21. The molecular weight excluding hydrogens is 394 g/mol. The molecule has 0 radical (unpaired) electrons. The van der Waals surface area contributed by atoms with Crippen molar-refractivity contribution in [3.05, 3.63) is 42.0 Å². The Morgan fingerprint density at radius 2 is 1.90 bits per heavy atom. The van der Waals surface area contributed by atoms with Crippen LogP contribution in [0.25, 0.3) is 6.08 Å². The van der Waals surface area contributed by atoms with Gasteiger partial charge in [-0.25, -0.2) is 0 Å². The second-order valence-corrected chi connectivity index (χ2v) is 7.46. The van der Waals surface area contributed by atoms with Crippen LogP contribution < -0.4 is 10.1 Å². The van der Waals surface area contributed by atoms with E-state index in [-0.39, 0.29) is 30.0 Å². The first-order valence-corrected chi connectivity index (χ1v) is 9.61. The van der Waals surface area contributed by atoms with Crippen molar-refractivity contribution in [2.75, 3.05) is 6.79 Å². The number of phenols is 1. The Balaban J connectivity index is 1.70. The molecule has 1 unspecified atom stereocenters. The molecule has 2 aliphatic rings. The smallest absolute Gasteiger partial charge is 0.247 e. The Morgan fingerprint density at radius 1 is 1.23 bits per heavy atom. The fourth-order valence-corrected chi connectivity index (χ4v) is 3.51. The highest BCUT2D eigenvalue weighted by Gasteiger charge is 2.53. The molecule has 1 aromatic rings. The monoisotopic (exact) mass is 421 g/mol. The number of amides is 1. The standard InChI is InChI=1S/C21H27NO8/c1-4-11(3)30-14-6-5-12(8-13(14)23)7-10(2)21(27)22-15-16(24)18(26)20-19(17(15)25)28-9-29-20/h4-8,11,15-20,23-26H,1,9H2,2-3H3,(H,22,27)/b10-7+/t11?,15-,16+,17-,18-,19+,20-/m1/s1. The highest BCUT2D eigenvalue weighted by Crippen LogP contribution is 2.31. The third kappa shape index (κ3) is 4.50. The zero-order valence-electron chi connectivity index (χ0n) is 16.8. The van der Waals surface area contributed by atoms with Crippen molar-refractivity contribution in [3.8, 4) is 11.5 Å². The van der Waals surface area contributed by atoms with Crippen LogP contribution in [-0.4, -0.2) is 75.8 Å². The second kappa shape index (κ2) is 9.15. The van der Waals surface area contributed by atoms with Gasteiger partial charge in [0.2, 0.25) is 5.91 Å². The van der Waals surface area contributed by atoms with Gasteiger partial charge in [0.1, 0.15) is 43.4 Å². The minimum atomic E-state index is -1.42. The first kappa shape index (κ1) is 22.3. The second-order valence-electron chi connectivity index (χ2n) is 7.46. The van der Waals surface area contributed by atoms with Crippen molar-refractivity contribution in [2.24, 2.45) is 0 Å². The molecule has 30 heavy (non-hydrogen) atoms. The van der Waals surface area contributed by atoms with Gasteiger partial charge in [-0.1, -0.05) is 18.7 Å². The van der Waals surface area contributed by atoms with E-state index in [0.29, 0.717) is 5.56 Å². The number of hydrogen-bond acceptors (Lipinski definition) is 8. The molecule has 3 rings (SSSR count). The molecule has 1 aromatic carbocycles. The van der Waals surface area contributed by atoms with Gasteiger partial charge >= 0.3 is 0 Å². The Bertz CT molecular complexity index is 825. The third-order valence-electron chi connectivity index (χ3n) is 5.27. The molecule has 5 N–H and O–H groups in total. The third-order valence-corrected chi connectivity index (χ3v) is 5.27. The summed E-state index contributed by atoms with van der Waals surface area (Å²) < 4.78 is 15.9. The van der Waals surface area contributed by atoms with Crippen LogP contribution in [0.2, 0.25) is 0 Å². The lowest BCUT2D eigenvalue weighted by Gasteiger charge is -2.41. The van der Waals surface area contributed by atoms with E-state index in [1.165, 1.54) is 12.1 Å². The molecule has 9 nitrogen and oxygen atoms in total. The summed E-state index contributed by atoms with van der Waals surface area (Å²) in [5, 5.41) is 43.6. The molecule has 0 spiro atoms. The predicted molar refractivity (Wildman–Crippen MR) is 107 cm³/mol. The minimum Gasteiger partial charge on any atom is -0.504 e. The maximum absolute atomic E-state index is 12.6. The topological polar surface area (TPSA) is 138 Å². The lowest BCUT2D eigenvalue weighted by molar-refractivity contribution is -0.155. The number of ether oxygens (including phenoxy) is 3. The van der Waals surface area contributed by atoms with E-state index in [2.05, 4.69) is 11.9 Å². The van der Waals surface area contributed by atoms with Gasteiger partial charge in [-0.15, -0.1) is 0 Å². The minimum absolute atomic E-state index is 0.0867. The van der Waals surface area contributed by atoms with Crippen molar-refractivity contribution < 1.29 is 39.4 Å². The van der Waals surface area contributed by atoms with E-state index in [0.717, 1.165) is 0 Å². The maximum Gasteiger partial charge on any atom is 0.247 e. The predicted octanol–water partition coefficient (Wildman–Crippen LogP) is 0.0714. The number of carbonyl (C=O) groups excluding carboxylic acids is 1. The summed E-state index contributed by atoms with van der Waals surface area (Å²) in [5.74, 6) is -0.350. The number of nitrogens with one attached hydrogen (secondary N) is 1. The number of rotatable bonds is 6. The SMILES string of the molecule is C=CC(C)Oc1ccc(/C=C(\C)C(=O)N[C@@H]2[C@H](O)[C@@H](O)[C@H]3OCO[C@H]3[C@@H]2O)cc1O. The number of benzene rings is 1. The van der Waals surface area contributed by atoms with Crippen molar-refractivity contribution >= 4 is 12.0 Å². The van der Waals surface area contributed by atoms with Gasteiger partial charge in [0.25, 0.3) is 0 Å². The maximum atomic E-state index is 12.6. The summed E-state index contributed by atoms with van der Waals surface area (Å²) in [6.07, 6.45) is -2.83. The van der Waals surface area contributed by atoms with E-state index < -0.39 is 42.5 Å². The molecule has 0 aromatic heterocycles. The molecule has 1 amide bonds. The van der Waals surface area contributed by atoms with E-state index in [1.807, 2.05) is 0 Å². The van der Waals surface area contributed by atoms with Gasteiger partial charge in [0.05, 0.1) is 6.04 Å². The normalized spacial score (nSPS) is 32.2. The van der Waals surface area contributed by atoms with Crippen molar-refractivity contribution in [2.45, 2.75) is 56.5 Å². The Kier molecular flexibility index (Phi) is 6.79. The van der Waals surface area contributed by atoms with Crippen LogP contribution in [0, 0.1) is 0 Å². The quantitative estimate of drug-likeness (QED) is 0.321. The van der Waals surface area contributed by atoms with Crippen LogP contribution in [-0.2, 0) is 14.3 Å². The van der Waals surface area contributed by atoms with Crippen LogP contribution in [0.15, 0.2) is 36.4 Å². The summed E-state index contributed by atoms with van der Waals surface area (Å²) in [4.78, 5) is 12.6. The van der Waals surface area contributed by atoms with Gasteiger partial charge in [0, 0.05) is 5.57 Å². The zero-order valence-corrected chi connectivity index (χ0v) is 16.8. The van der Waals surface area contributed by atoms with Crippen LogP contribution in [0.3, 0.4) is 0 Å². The highest BCUT2D eigenvalue weighted by atomic mass is 16.7. The van der Waals surface area contributed by atoms with Crippen molar-refractivity contribution in [1.29, 1.82) is 0 Å². The van der Waals surface area contributed by atoms with Gasteiger partial charge in [-0.3, -0.25) is 4.79 Å². The number of phenolic OH excluding ortho intramolecular Hbond substituents is 1. The lowest BCUT2D eigenvalue weighted by Crippen LogP contribution is -2.67. The molecule has 0 bridgehead atoms. The van der Waals surface area contributed by atoms with E-state index in [9.17, 15) is 25.2 Å². The van der Waals surface area contributed by atoms with Gasteiger partial charge in [-0.2, -0.15) is 0 Å². The number of aliphatic hydroxyl groups is 3. The number of aromatic hydroxyl groups is 1. The van der Waals surface area contributed by atoms with E-state index >= 15 is 0 Å².